The first kappa shape index (κ1) is 16.5. The van der Waals surface area contributed by atoms with Gasteiger partial charge in [-0.15, -0.1) is 0 Å². The van der Waals surface area contributed by atoms with Gasteiger partial charge in [0.25, 0.3) is 0 Å². The lowest BCUT2D eigenvalue weighted by Gasteiger charge is -2.12. The summed E-state index contributed by atoms with van der Waals surface area (Å²) < 4.78 is 0. The van der Waals surface area contributed by atoms with E-state index in [1.54, 1.807) is 6.07 Å². The highest BCUT2D eigenvalue weighted by atomic mass is 16.3. The van der Waals surface area contributed by atoms with Gasteiger partial charge in [0.2, 0.25) is 5.91 Å². The molecule has 1 aliphatic heterocycles. The number of hydrogen-bond acceptors (Lipinski definition) is 4. The number of carbonyl (C=O) groups is 1. The molecule has 1 aliphatic rings. The highest BCUT2D eigenvalue weighted by Crippen LogP contribution is 2.30. The van der Waals surface area contributed by atoms with E-state index in [0.29, 0.717) is 13.0 Å². The van der Waals surface area contributed by atoms with Gasteiger partial charge in [0.1, 0.15) is 11.8 Å². The van der Waals surface area contributed by atoms with Crippen molar-refractivity contribution in [1.82, 2.24) is 16.2 Å². The summed E-state index contributed by atoms with van der Waals surface area (Å²) in [5, 5.41) is 13.0. The minimum atomic E-state index is -0.318. The molecule has 2 unspecified atom stereocenters. The van der Waals surface area contributed by atoms with Crippen LogP contribution in [0.4, 0.5) is 0 Å². The summed E-state index contributed by atoms with van der Waals surface area (Å²) in [5.74, 6) is 0.215. The maximum atomic E-state index is 12.3. The molecule has 2 atom stereocenters. The molecule has 0 radical (unpaired) electrons. The molecule has 2 aromatic carbocycles. The average Bonchev–Trinajstić information content (AvgIpc) is 3.04. The first-order valence-electron chi connectivity index (χ1n) is 8.17. The smallest absolute Gasteiger partial charge is 0.238 e. The Morgan fingerprint density at radius 2 is 1.83 bits per heavy atom. The standard InChI is InChI=1S/C19H23N3O2/c1-12-3-6-14(7-4-12)11-20-19(24)17-10-16(21-22-17)15-8-5-13(2)9-18(15)23/h3-9,16-17,21-23H,10-11H2,1-2H3,(H,20,24). The van der Waals surface area contributed by atoms with Gasteiger partial charge in [-0.25, -0.2) is 10.9 Å². The van der Waals surface area contributed by atoms with Crippen LogP contribution in [0.3, 0.4) is 0 Å². The van der Waals surface area contributed by atoms with E-state index < -0.39 is 0 Å². The number of phenols is 1. The van der Waals surface area contributed by atoms with Crippen molar-refractivity contribution in [3.05, 3.63) is 64.7 Å². The van der Waals surface area contributed by atoms with Gasteiger partial charge < -0.3 is 10.4 Å². The van der Waals surface area contributed by atoms with Gasteiger partial charge in [-0.3, -0.25) is 4.79 Å². The maximum Gasteiger partial charge on any atom is 0.238 e. The summed E-state index contributed by atoms with van der Waals surface area (Å²) in [6.45, 7) is 4.49. The monoisotopic (exact) mass is 325 g/mol. The molecule has 0 saturated carbocycles. The van der Waals surface area contributed by atoms with Crippen LogP contribution in [0, 0.1) is 13.8 Å². The van der Waals surface area contributed by atoms with E-state index in [-0.39, 0.29) is 23.7 Å². The van der Waals surface area contributed by atoms with Crippen molar-refractivity contribution >= 4 is 5.91 Å². The summed E-state index contributed by atoms with van der Waals surface area (Å²) in [6, 6.07) is 13.3. The fourth-order valence-corrected chi connectivity index (χ4v) is 2.90. The SMILES string of the molecule is Cc1ccc(CNC(=O)C2CC(c3ccc(C)cc3O)NN2)cc1. The second-order valence-corrected chi connectivity index (χ2v) is 6.40. The van der Waals surface area contributed by atoms with Gasteiger partial charge in [-0.2, -0.15) is 0 Å². The quantitative estimate of drug-likeness (QED) is 0.695. The van der Waals surface area contributed by atoms with Gasteiger partial charge in [0.15, 0.2) is 0 Å². The Morgan fingerprint density at radius 3 is 2.54 bits per heavy atom. The average molecular weight is 325 g/mol. The largest absolute Gasteiger partial charge is 0.508 e. The van der Waals surface area contributed by atoms with Crippen LogP contribution in [-0.2, 0) is 11.3 Å². The summed E-state index contributed by atoms with van der Waals surface area (Å²) in [4.78, 5) is 12.3. The number of hydrogen-bond donors (Lipinski definition) is 4. The van der Waals surface area contributed by atoms with Gasteiger partial charge >= 0.3 is 0 Å². The van der Waals surface area contributed by atoms with Crippen molar-refractivity contribution in [3.8, 4) is 5.75 Å². The van der Waals surface area contributed by atoms with Crippen molar-refractivity contribution in [2.45, 2.75) is 38.9 Å². The summed E-state index contributed by atoms with van der Waals surface area (Å²) in [7, 11) is 0. The second-order valence-electron chi connectivity index (χ2n) is 6.40. The predicted octanol–water partition coefficient (Wildman–Crippen LogP) is 2.23. The molecule has 2 aromatic rings. The number of carbonyl (C=O) groups excluding carboxylic acids is 1. The molecule has 1 saturated heterocycles. The molecule has 0 spiro atoms. The molecule has 24 heavy (non-hydrogen) atoms. The van der Waals surface area contributed by atoms with Crippen molar-refractivity contribution in [2.24, 2.45) is 0 Å². The van der Waals surface area contributed by atoms with Crippen LogP contribution in [0.5, 0.6) is 5.75 Å². The summed E-state index contributed by atoms with van der Waals surface area (Å²) in [6.07, 6.45) is 0.594. The normalized spacial score (nSPS) is 20.1. The number of hydrazine groups is 1. The van der Waals surface area contributed by atoms with Crippen LogP contribution < -0.4 is 16.2 Å². The van der Waals surface area contributed by atoms with Crippen molar-refractivity contribution in [2.75, 3.05) is 0 Å². The van der Waals surface area contributed by atoms with E-state index in [4.69, 9.17) is 0 Å². The Labute approximate surface area is 142 Å². The van der Waals surface area contributed by atoms with Crippen molar-refractivity contribution in [3.63, 3.8) is 0 Å². The predicted molar refractivity (Wildman–Crippen MR) is 93.3 cm³/mol. The Balaban J connectivity index is 1.56. The number of nitrogens with one attached hydrogen (secondary N) is 3. The van der Waals surface area contributed by atoms with E-state index in [2.05, 4.69) is 16.2 Å². The molecule has 1 fully saturated rings. The minimum absolute atomic E-state index is 0.0443. The van der Waals surface area contributed by atoms with Crippen molar-refractivity contribution < 1.29 is 9.90 Å². The minimum Gasteiger partial charge on any atom is -0.508 e. The molecule has 5 heteroatoms. The lowest BCUT2D eigenvalue weighted by Crippen LogP contribution is -2.42. The zero-order valence-electron chi connectivity index (χ0n) is 14.0. The van der Waals surface area contributed by atoms with E-state index in [1.165, 1.54) is 5.56 Å². The van der Waals surface area contributed by atoms with Crippen LogP contribution in [0.2, 0.25) is 0 Å². The first-order chi connectivity index (χ1) is 11.5. The molecule has 1 amide bonds. The highest BCUT2D eigenvalue weighted by Gasteiger charge is 2.31. The molecule has 0 bridgehead atoms. The van der Waals surface area contributed by atoms with E-state index in [9.17, 15) is 9.90 Å². The van der Waals surface area contributed by atoms with Crippen LogP contribution >= 0.6 is 0 Å². The first-order valence-corrected chi connectivity index (χ1v) is 8.17. The van der Waals surface area contributed by atoms with Gasteiger partial charge in [-0.05, 0) is 37.5 Å². The van der Waals surface area contributed by atoms with Crippen molar-refractivity contribution in [1.29, 1.82) is 0 Å². The number of rotatable bonds is 4. The Bertz CT molecular complexity index is 728. The molecule has 126 valence electrons. The van der Waals surface area contributed by atoms with Gasteiger partial charge in [0, 0.05) is 12.1 Å². The lowest BCUT2D eigenvalue weighted by atomic mass is 9.99. The van der Waals surface area contributed by atoms with E-state index in [0.717, 1.165) is 16.7 Å². The zero-order valence-corrected chi connectivity index (χ0v) is 14.0. The Hall–Kier alpha value is -2.37. The third-order valence-electron chi connectivity index (χ3n) is 4.37. The summed E-state index contributed by atoms with van der Waals surface area (Å²) >= 11 is 0. The van der Waals surface area contributed by atoms with Gasteiger partial charge in [-0.1, -0.05) is 42.0 Å². The zero-order chi connectivity index (χ0) is 17.1. The molecular formula is C19H23N3O2. The fourth-order valence-electron chi connectivity index (χ4n) is 2.90. The van der Waals surface area contributed by atoms with E-state index >= 15 is 0 Å². The summed E-state index contributed by atoms with van der Waals surface area (Å²) in [5.41, 5.74) is 10.2. The lowest BCUT2D eigenvalue weighted by molar-refractivity contribution is -0.123. The Kier molecular flexibility index (Phi) is 4.83. The van der Waals surface area contributed by atoms with Gasteiger partial charge in [0.05, 0.1) is 6.04 Å². The molecule has 0 aliphatic carbocycles. The van der Waals surface area contributed by atoms with Crippen LogP contribution in [0.1, 0.15) is 34.7 Å². The third kappa shape index (κ3) is 3.75. The van der Waals surface area contributed by atoms with E-state index in [1.807, 2.05) is 50.2 Å². The number of aryl methyl sites for hydroxylation is 2. The molecule has 0 aromatic heterocycles. The van der Waals surface area contributed by atoms with Crippen LogP contribution in [0.25, 0.3) is 0 Å². The molecular weight excluding hydrogens is 302 g/mol. The highest BCUT2D eigenvalue weighted by molar-refractivity contribution is 5.82. The second kappa shape index (κ2) is 7.03. The number of phenolic OH excluding ortho intramolecular Hbond substituents is 1. The molecule has 5 nitrogen and oxygen atoms in total. The maximum absolute atomic E-state index is 12.3. The third-order valence-corrected chi connectivity index (χ3v) is 4.37. The Morgan fingerprint density at radius 1 is 1.12 bits per heavy atom. The van der Waals surface area contributed by atoms with Crippen LogP contribution in [-0.4, -0.2) is 17.1 Å². The topological polar surface area (TPSA) is 73.4 Å². The number of aromatic hydroxyl groups is 1. The number of amides is 1. The van der Waals surface area contributed by atoms with Crippen LogP contribution in [0.15, 0.2) is 42.5 Å². The fraction of sp³-hybridized carbons (Fsp3) is 0.316. The molecule has 4 N–H and O–H groups in total. The number of benzene rings is 2. The molecule has 3 rings (SSSR count). The molecule has 1 heterocycles.